The van der Waals surface area contributed by atoms with Crippen LogP contribution in [0.15, 0.2) is 217 Å². The maximum Gasteiger partial charge on any atom is 0.123 e. The van der Waals surface area contributed by atoms with Gasteiger partial charge in [0.05, 0.1) is 6.61 Å². The molecule has 1 heterocycles. The van der Waals surface area contributed by atoms with Crippen molar-refractivity contribution in [3.8, 4) is 28.0 Å². The number of aryl methyl sites for hydroxylation is 1. The molecule has 2 nitrogen and oxygen atoms in total. The molecule has 7 aromatic carbocycles. The van der Waals surface area contributed by atoms with Gasteiger partial charge in [0.2, 0.25) is 0 Å². The number of para-hydroxylation sites is 1. The van der Waals surface area contributed by atoms with Crippen LogP contribution >= 0.6 is 0 Å². The molecule has 7 aromatic rings. The van der Waals surface area contributed by atoms with Crippen LogP contribution in [-0.2, 0) is 5.41 Å². The van der Waals surface area contributed by atoms with Crippen LogP contribution in [0.3, 0.4) is 0 Å². The van der Waals surface area contributed by atoms with E-state index in [0.29, 0.717) is 5.92 Å². The topological polar surface area (TPSA) is 12.5 Å². The molecule has 5 aliphatic rings. The lowest BCUT2D eigenvalue weighted by Gasteiger charge is -2.34. The highest BCUT2D eigenvalue weighted by molar-refractivity contribution is 5.96. The predicted octanol–water partition coefficient (Wildman–Crippen LogP) is 15.6. The number of ether oxygens (including phenoxy) is 1. The van der Waals surface area contributed by atoms with Crippen LogP contribution in [0, 0.1) is 12.8 Å². The first-order chi connectivity index (χ1) is 31.1. The van der Waals surface area contributed by atoms with Gasteiger partial charge in [-0.2, -0.15) is 0 Å². The molecule has 1 aliphatic heterocycles. The number of hydrogen-bond acceptors (Lipinski definition) is 2. The summed E-state index contributed by atoms with van der Waals surface area (Å²) in [6.45, 7) is 3.86. The van der Waals surface area contributed by atoms with E-state index in [1.54, 1.807) is 0 Å². The van der Waals surface area contributed by atoms with Gasteiger partial charge in [-0.25, -0.2) is 0 Å². The first-order valence-corrected chi connectivity index (χ1v) is 22.9. The Morgan fingerprint density at radius 2 is 1.46 bits per heavy atom. The van der Waals surface area contributed by atoms with Gasteiger partial charge in [0.1, 0.15) is 5.75 Å². The molecule has 0 amide bonds. The molecule has 308 valence electrons. The van der Waals surface area contributed by atoms with E-state index in [1.807, 2.05) is 0 Å². The van der Waals surface area contributed by atoms with E-state index in [1.165, 1.54) is 83.4 Å². The van der Waals surface area contributed by atoms with Crippen LogP contribution in [0.2, 0.25) is 0 Å². The van der Waals surface area contributed by atoms with E-state index in [-0.39, 0.29) is 11.3 Å². The smallest absolute Gasteiger partial charge is 0.123 e. The maximum absolute atomic E-state index is 6.26. The van der Waals surface area contributed by atoms with Gasteiger partial charge in [0.25, 0.3) is 0 Å². The maximum atomic E-state index is 6.26. The van der Waals surface area contributed by atoms with Crippen LogP contribution in [0.25, 0.3) is 33.0 Å². The van der Waals surface area contributed by atoms with Crippen molar-refractivity contribution in [1.29, 1.82) is 0 Å². The fourth-order valence-corrected chi connectivity index (χ4v) is 10.9. The van der Waals surface area contributed by atoms with Crippen LogP contribution < -0.4 is 9.64 Å². The summed E-state index contributed by atoms with van der Waals surface area (Å²) in [6, 6.07) is 58.7. The molecule has 0 saturated heterocycles. The molecule has 3 unspecified atom stereocenters. The minimum absolute atomic E-state index is 0.0734. The summed E-state index contributed by atoms with van der Waals surface area (Å²) in [4.78, 5) is 2.56. The van der Waals surface area contributed by atoms with Crippen molar-refractivity contribution in [2.45, 2.75) is 50.4 Å². The number of allylic oxidation sites excluding steroid dienone is 9. The number of benzene rings is 7. The summed E-state index contributed by atoms with van der Waals surface area (Å²) in [6.07, 6.45) is 23.6. The van der Waals surface area contributed by atoms with E-state index in [2.05, 4.69) is 218 Å². The molecule has 0 radical (unpaired) electrons. The first-order valence-electron chi connectivity index (χ1n) is 22.9. The van der Waals surface area contributed by atoms with Gasteiger partial charge in [-0.1, -0.05) is 182 Å². The molecular formula is C61H53NO. The highest BCUT2D eigenvalue weighted by atomic mass is 16.5. The molecule has 0 saturated carbocycles. The highest BCUT2D eigenvalue weighted by Gasteiger charge is 2.42. The molecular weight excluding hydrogens is 763 g/mol. The second-order valence-corrected chi connectivity index (χ2v) is 18.0. The summed E-state index contributed by atoms with van der Waals surface area (Å²) in [7, 11) is 0. The molecule has 0 aromatic heterocycles. The predicted molar refractivity (Wildman–Crippen MR) is 264 cm³/mol. The Labute approximate surface area is 372 Å². The minimum Gasteiger partial charge on any atom is -0.492 e. The lowest BCUT2D eigenvalue weighted by molar-refractivity contribution is 0.248. The van der Waals surface area contributed by atoms with E-state index in [4.69, 9.17) is 4.74 Å². The average Bonchev–Trinajstić information content (AvgIpc) is 4.11. The molecule has 12 rings (SSSR count). The minimum atomic E-state index is 0.0734. The molecule has 2 heteroatoms. The van der Waals surface area contributed by atoms with Crippen molar-refractivity contribution < 1.29 is 4.74 Å². The lowest BCUT2D eigenvalue weighted by atomic mass is 9.69. The van der Waals surface area contributed by atoms with E-state index >= 15 is 0 Å². The van der Waals surface area contributed by atoms with Crippen LogP contribution in [0.1, 0.15) is 65.8 Å². The summed E-state index contributed by atoms with van der Waals surface area (Å²) in [5.41, 5.74) is 17.4. The lowest BCUT2D eigenvalue weighted by Crippen LogP contribution is -2.31. The van der Waals surface area contributed by atoms with Crippen molar-refractivity contribution in [1.82, 2.24) is 0 Å². The number of rotatable bonds is 7. The quantitative estimate of drug-likeness (QED) is 0.159. The molecule has 1 spiro atoms. The number of fused-ring (bicyclic) bond motifs is 6. The Balaban J connectivity index is 0.000000833. The van der Waals surface area contributed by atoms with Gasteiger partial charge < -0.3 is 9.64 Å². The molecule has 3 atom stereocenters. The van der Waals surface area contributed by atoms with Crippen molar-refractivity contribution in [2.75, 3.05) is 18.1 Å². The molecule has 0 fully saturated rings. The van der Waals surface area contributed by atoms with Crippen LogP contribution in [0.4, 0.5) is 11.4 Å². The molecule has 63 heavy (non-hydrogen) atoms. The zero-order chi connectivity index (χ0) is 42.2. The summed E-state index contributed by atoms with van der Waals surface area (Å²) >= 11 is 0. The summed E-state index contributed by atoms with van der Waals surface area (Å²) in [5, 5.41) is 2.54. The second-order valence-electron chi connectivity index (χ2n) is 18.0. The molecule has 0 bridgehead atoms. The normalized spacial score (nSPS) is 20.0. The Morgan fingerprint density at radius 3 is 2.33 bits per heavy atom. The molecule has 4 aliphatic carbocycles. The van der Waals surface area contributed by atoms with Gasteiger partial charge in [-0.05, 0) is 131 Å². The van der Waals surface area contributed by atoms with Crippen molar-refractivity contribution in [3.05, 3.63) is 245 Å². The zero-order valence-electron chi connectivity index (χ0n) is 36.1. The Kier molecular flexibility index (Phi) is 10.4. The van der Waals surface area contributed by atoms with Crippen molar-refractivity contribution in [3.63, 3.8) is 0 Å². The van der Waals surface area contributed by atoms with Gasteiger partial charge >= 0.3 is 0 Å². The highest BCUT2D eigenvalue weighted by Crippen LogP contribution is 2.51. The number of hydrogen-bond donors (Lipinski definition) is 0. The average molecular weight is 816 g/mol. The Hall–Kier alpha value is -6.90. The standard InChI is InChI=1S/C56H47NO.C5H6/c1-38-12-8-17-44(32-38)55-49-21-5-4-20-48(49)51-34-43(27-30-50(51)55)40-25-28-46(29-26-40)57(53-23-10-15-41-14-2-3-19-47(41)53)36-39-13-9-16-42(33-39)45-18-11-31-56(35-45)37-58-54-24-7-6-22-52(54)56;1-2-4-5-3-1/h2-10,12,14-30,32-34,39,55H,11,13,31,35-37H2,1H3;1-4H,5H2. The Morgan fingerprint density at radius 1 is 0.683 bits per heavy atom. The second kappa shape index (κ2) is 16.8. The third-order valence-electron chi connectivity index (χ3n) is 14.0. The van der Waals surface area contributed by atoms with E-state index in [9.17, 15) is 0 Å². The third-order valence-corrected chi connectivity index (χ3v) is 14.0. The fourth-order valence-electron chi connectivity index (χ4n) is 10.9. The number of nitrogens with zero attached hydrogens (tertiary/aromatic N) is 1. The monoisotopic (exact) mass is 815 g/mol. The molecule has 0 N–H and O–H groups in total. The fraction of sp³-hybridized carbons (Fsp3) is 0.180. The zero-order valence-corrected chi connectivity index (χ0v) is 36.1. The Bertz CT molecular complexity index is 2980. The van der Waals surface area contributed by atoms with Gasteiger partial charge in [-0.3, -0.25) is 0 Å². The van der Waals surface area contributed by atoms with Crippen LogP contribution in [-0.4, -0.2) is 13.2 Å². The largest absolute Gasteiger partial charge is 0.492 e. The SMILES string of the molecule is C1=CCC=C1.Cc1cccc(C2c3ccccc3-c3cc(-c4ccc(N(CC5C=C(C6=CCCC7(COc8ccccc87)C6)C=CC5)c5cccc6ccccc56)cc4)ccc32)c1. The summed E-state index contributed by atoms with van der Waals surface area (Å²) < 4.78 is 6.26. The third kappa shape index (κ3) is 7.48. The van der Waals surface area contributed by atoms with Crippen LogP contribution in [0.5, 0.6) is 5.75 Å². The van der Waals surface area contributed by atoms with Gasteiger partial charge in [-0.15, -0.1) is 0 Å². The first kappa shape index (κ1) is 39.0. The van der Waals surface area contributed by atoms with Crippen molar-refractivity contribution in [2.24, 2.45) is 5.92 Å². The van der Waals surface area contributed by atoms with Gasteiger partial charge in [0.15, 0.2) is 0 Å². The van der Waals surface area contributed by atoms with Crippen molar-refractivity contribution >= 4 is 22.1 Å². The van der Waals surface area contributed by atoms with E-state index in [0.717, 1.165) is 51.0 Å². The number of anilines is 2. The van der Waals surface area contributed by atoms with Gasteiger partial charge in [0, 0.05) is 40.2 Å². The summed E-state index contributed by atoms with van der Waals surface area (Å²) in [5.74, 6) is 1.69. The van der Waals surface area contributed by atoms with E-state index < -0.39 is 0 Å².